The molecule has 19 heavy (non-hydrogen) atoms. The monoisotopic (exact) mass is 258 g/mol. The quantitative estimate of drug-likeness (QED) is 0.869. The molecule has 0 atom stereocenters. The fourth-order valence-corrected chi connectivity index (χ4v) is 1.63. The lowest BCUT2D eigenvalue weighted by atomic mass is 10.1. The molecule has 0 aliphatic carbocycles. The maximum atomic E-state index is 12.9. The number of anilines is 1. The van der Waals surface area contributed by atoms with Gasteiger partial charge in [-0.2, -0.15) is 0 Å². The molecule has 0 unspecified atom stereocenters. The largest absolute Gasteiger partial charge is 0.334 e. The van der Waals surface area contributed by atoms with E-state index in [0.717, 1.165) is 5.56 Å². The van der Waals surface area contributed by atoms with Gasteiger partial charge in [-0.25, -0.2) is 9.18 Å². The Bertz CT molecular complexity index is 567. The molecule has 0 saturated heterocycles. The number of urea groups is 1. The van der Waals surface area contributed by atoms with Gasteiger partial charge in [-0.3, -0.25) is 0 Å². The highest BCUT2D eigenvalue weighted by Crippen LogP contribution is 2.09. The SMILES string of the molecule is Cc1ccc(CNC(=O)Nc2cccc(F)c2)cc1. The fraction of sp³-hybridized carbons (Fsp3) is 0.133. The fourth-order valence-electron chi connectivity index (χ4n) is 1.63. The molecule has 2 aromatic carbocycles. The Labute approximate surface area is 111 Å². The first-order valence-corrected chi connectivity index (χ1v) is 5.99. The average Bonchev–Trinajstić information content (AvgIpc) is 2.38. The second kappa shape index (κ2) is 6.00. The third kappa shape index (κ3) is 4.10. The first kappa shape index (κ1) is 13.1. The predicted molar refractivity (Wildman–Crippen MR) is 73.4 cm³/mol. The second-order valence-electron chi connectivity index (χ2n) is 4.30. The molecular weight excluding hydrogens is 243 g/mol. The lowest BCUT2D eigenvalue weighted by Crippen LogP contribution is -2.28. The van der Waals surface area contributed by atoms with E-state index in [1.807, 2.05) is 31.2 Å². The van der Waals surface area contributed by atoms with Crippen LogP contribution < -0.4 is 10.6 Å². The van der Waals surface area contributed by atoms with E-state index < -0.39 is 0 Å². The Morgan fingerprint density at radius 1 is 1.16 bits per heavy atom. The van der Waals surface area contributed by atoms with Gasteiger partial charge in [-0.1, -0.05) is 35.9 Å². The third-order valence-electron chi connectivity index (χ3n) is 2.66. The average molecular weight is 258 g/mol. The molecule has 2 N–H and O–H groups in total. The first-order chi connectivity index (χ1) is 9.13. The molecule has 2 aromatic rings. The van der Waals surface area contributed by atoms with Crippen LogP contribution in [0, 0.1) is 12.7 Å². The molecule has 0 spiro atoms. The second-order valence-corrected chi connectivity index (χ2v) is 4.30. The zero-order chi connectivity index (χ0) is 13.7. The standard InChI is InChI=1S/C15H15FN2O/c1-11-5-7-12(8-6-11)10-17-15(19)18-14-4-2-3-13(16)9-14/h2-9H,10H2,1H3,(H2,17,18,19). The van der Waals surface area contributed by atoms with Crippen LogP contribution in [0.25, 0.3) is 0 Å². The van der Waals surface area contributed by atoms with Gasteiger partial charge >= 0.3 is 6.03 Å². The highest BCUT2D eigenvalue weighted by atomic mass is 19.1. The molecule has 98 valence electrons. The number of benzene rings is 2. The molecule has 0 aliphatic heterocycles. The molecule has 0 saturated carbocycles. The van der Waals surface area contributed by atoms with Crippen LogP contribution in [-0.2, 0) is 6.54 Å². The van der Waals surface area contributed by atoms with Crippen molar-refractivity contribution in [3.05, 3.63) is 65.5 Å². The predicted octanol–water partition coefficient (Wildman–Crippen LogP) is 3.46. The summed E-state index contributed by atoms with van der Waals surface area (Å²) >= 11 is 0. The number of halogens is 1. The van der Waals surface area contributed by atoms with Crippen LogP contribution in [0.5, 0.6) is 0 Å². The summed E-state index contributed by atoms with van der Waals surface area (Å²) in [7, 11) is 0. The number of nitrogens with one attached hydrogen (secondary N) is 2. The molecule has 0 aromatic heterocycles. The molecule has 2 amide bonds. The van der Waals surface area contributed by atoms with Crippen molar-refractivity contribution < 1.29 is 9.18 Å². The minimum Gasteiger partial charge on any atom is -0.334 e. The van der Waals surface area contributed by atoms with Crippen molar-refractivity contribution in [3.63, 3.8) is 0 Å². The molecule has 4 heteroatoms. The first-order valence-electron chi connectivity index (χ1n) is 5.99. The molecule has 0 bridgehead atoms. The van der Waals surface area contributed by atoms with Crippen LogP contribution in [0.1, 0.15) is 11.1 Å². The highest BCUT2D eigenvalue weighted by molar-refractivity contribution is 5.89. The topological polar surface area (TPSA) is 41.1 Å². The summed E-state index contributed by atoms with van der Waals surface area (Å²) in [6.07, 6.45) is 0. The van der Waals surface area contributed by atoms with Gasteiger partial charge < -0.3 is 10.6 Å². The van der Waals surface area contributed by atoms with Crippen LogP contribution in [0.2, 0.25) is 0 Å². The van der Waals surface area contributed by atoms with Crippen molar-refractivity contribution >= 4 is 11.7 Å². The molecular formula is C15H15FN2O. The lowest BCUT2D eigenvalue weighted by molar-refractivity contribution is 0.251. The lowest BCUT2D eigenvalue weighted by Gasteiger charge is -2.08. The zero-order valence-corrected chi connectivity index (χ0v) is 10.6. The summed E-state index contributed by atoms with van der Waals surface area (Å²) in [5.41, 5.74) is 2.62. The van der Waals surface area contributed by atoms with E-state index in [1.54, 1.807) is 12.1 Å². The molecule has 0 aliphatic rings. The maximum absolute atomic E-state index is 12.9. The minimum absolute atomic E-state index is 0.355. The molecule has 0 heterocycles. The summed E-state index contributed by atoms with van der Waals surface area (Å²) in [6, 6.07) is 13.3. The van der Waals surface area contributed by atoms with Gasteiger partial charge in [0.2, 0.25) is 0 Å². The maximum Gasteiger partial charge on any atom is 0.319 e. The Morgan fingerprint density at radius 3 is 2.58 bits per heavy atom. The van der Waals surface area contributed by atoms with E-state index in [9.17, 15) is 9.18 Å². The van der Waals surface area contributed by atoms with Crippen LogP contribution in [0.3, 0.4) is 0 Å². The summed E-state index contributed by atoms with van der Waals surface area (Å²) in [5.74, 6) is -0.378. The van der Waals surface area contributed by atoms with Gasteiger partial charge in [0.25, 0.3) is 0 Å². The summed E-state index contributed by atoms with van der Waals surface area (Å²) in [5, 5.41) is 5.29. The minimum atomic E-state index is -0.378. The highest BCUT2D eigenvalue weighted by Gasteiger charge is 2.02. The van der Waals surface area contributed by atoms with Crippen LogP contribution >= 0.6 is 0 Å². The zero-order valence-electron chi connectivity index (χ0n) is 10.6. The van der Waals surface area contributed by atoms with Crippen LogP contribution in [0.15, 0.2) is 48.5 Å². The summed E-state index contributed by atoms with van der Waals surface area (Å²) in [6.45, 7) is 2.44. The van der Waals surface area contributed by atoms with E-state index in [2.05, 4.69) is 10.6 Å². The smallest absolute Gasteiger partial charge is 0.319 e. The van der Waals surface area contributed by atoms with Gasteiger partial charge in [0.1, 0.15) is 5.82 Å². The van der Waals surface area contributed by atoms with Crippen molar-refractivity contribution in [3.8, 4) is 0 Å². The number of carbonyl (C=O) groups excluding carboxylic acids is 1. The number of hydrogen-bond acceptors (Lipinski definition) is 1. The van der Waals surface area contributed by atoms with Gasteiger partial charge in [0.15, 0.2) is 0 Å². The van der Waals surface area contributed by atoms with Crippen molar-refractivity contribution in [2.75, 3.05) is 5.32 Å². The Balaban J connectivity index is 1.86. The van der Waals surface area contributed by atoms with Gasteiger partial charge in [-0.05, 0) is 30.7 Å². The molecule has 2 rings (SSSR count). The third-order valence-corrected chi connectivity index (χ3v) is 2.66. The van der Waals surface area contributed by atoms with Crippen LogP contribution in [-0.4, -0.2) is 6.03 Å². The van der Waals surface area contributed by atoms with E-state index in [0.29, 0.717) is 12.2 Å². The molecule has 0 fully saturated rings. The van der Waals surface area contributed by atoms with E-state index in [-0.39, 0.29) is 11.8 Å². The van der Waals surface area contributed by atoms with Gasteiger partial charge in [-0.15, -0.1) is 0 Å². The summed E-state index contributed by atoms with van der Waals surface area (Å²) < 4.78 is 12.9. The van der Waals surface area contributed by atoms with Crippen molar-refractivity contribution in [1.82, 2.24) is 5.32 Å². The Kier molecular flexibility index (Phi) is 4.13. The van der Waals surface area contributed by atoms with E-state index >= 15 is 0 Å². The number of aryl methyl sites for hydroxylation is 1. The Hall–Kier alpha value is -2.36. The van der Waals surface area contributed by atoms with Gasteiger partial charge in [0.05, 0.1) is 0 Å². The van der Waals surface area contributed by atoms with Crippen molar-refractivity contribution in [2.24, 2.45) is 0 Å². The Morgan fingerprint density at radius 2 is 1.89 bits per heavy atom. The van der Waals surface area contributed by atoms with E-state index in [4.69, 9.17) is 0 Å². The number of hydrogen-bond donors (Lipinski definition) is 2. The van der Waals surface area contributed by atoms with Crippen molar-refractivity contribution in [1.29, 1.82) is 0 Å². The number of amides is 2. The molecule has 3 nitrogen and oxygen atoms in total. The number of rotatable bonds is 3. The van der Waals surface area contributed by atoms with E-state index in [1.165, 1.54) is 17.7 Å². The van der Waals surface area contributed by atoms with Gasteiger partial charge in [0, 0.05) is 12.2 Å². The molecule has 0 radical (unpaired) electrons. The number of carbonyl (C=O) groups is 1. The van der Waals surface area contributed by atoms with Crippen LogP contribution in [0.4, 0.5) is 14.9 Å². The summed E-state index contributed by atoms with van der Waals surface area (Å²) in [4.78, 5) is 11.6. The van der Waals surface area contributed by atoms with Crippen molar-refractivity contribution in [2.45, 2.75) is 13.5 Å². The normalized spacial score (nSPS) is 10.0.